The van der Waals surface area contributed by atoms with E-state index >= 15 is 0 Å². The van der Waals surface area contributed by atoms with Gasteiger partial charge < -0.3 is 15.4 Å². The van der Waals surface area contributed by atoms with Gasteiger partial charge in [0.25, 0.3) is 0 Å². The Bertz CT molecular complexity index is 816. The molecule has 0 atom stereocenters. The van der Waals surface area contributed by atoms with Crippen molar-refractivity contribution in [2.75, 3.05) is 7.11 Å². The summed E-state index contributed by atoms with van der Waals surface area (Å²) < 4.78 is 6.84. The number of hydrogen-bond donors (Lipinski definition) is 2. The molecule has 0 aliphatic carbocycles. The standard InChI is InChI=1S/C18H19N5O2/c1-25-16-5-2-4-14(10-16)11-20-18(24)21-13-15-6-7-17(19-12-15)23-9-3-8-22-23/h2-10,12H,11,13H2,1H3,(H2,20,21,24). The summed E-state index contributed by atoms with van der Waals surface area (Å²) in [7, 11) is 1.62. The number of nitrogens with zero attached hydrogens (tertiary/aromatic N) is 3. The number of rotatable bonds is 6. The van der Waals surface area contributed by atoms with Crippen LogP contribution in [0.3, 0.4) is 0 Å². The fourth-order valence-electron chi connectivity index (χ4n) is 2.27. The highest BCUT2D eigenvalue weighted by atomic mass is 16.5. The highest BCUT2D eigenvalue weighted by molar-refractivity contribution is 5.73. The van der Waals surface area contributed by atoms with Crippen LogP contribution in [0.5, 0.6) is 5.75 Å². The molecule has 0 saturated carbocycles. The number of pyridine rings is 1. The number of benzene rings is 1. The van der Waals surface area contributed by atoms with Crippen LogP contribution in [0.4, 0.5) is 4.79 Å². The summed E-state index contributed by atoms with van der Waals surface area (Å²) in [6, 6.07) is 12.9. The fourth-order valence-corrected chi connectivity index (χ4v) is 2.27. The van der Waals surface area contributed by atoms with Crippen LogP contribution in [0, 0.1) is 0 Å². The number of methoxy groups -OCH3 is 1. The number of carbonyl (C=O) groups is 1. The van der Waals surface area contributed by atoms with E-state index in [0.717, 1.165) is 22.7 Å². The fraction of sp³-hybridized carbons (Fsp3) is 0.167. The summed E-state index contributed by atoms with van der Waals surface area (Å²) in [5.41, 5.74) is 1.88. The maximum absolute atomic E-state index is 11.9. The Morgan fingerprint density at radius 3 is 2.64 bits per heavy atom. The van der Waals surface area contributed by atoms with Crippen molar-refractivity contribution in [1.82, 2.24) is 25.4 Å². The van der Waals surface area contributed by atoms with Crippen molar-refractivity contribution in [3.8, 4) is 11.6 Å². The Labute approximate surface area is 145 Å². The largest absolute Gasteiger partial charge is 0.497 e. The number of nitrogens with one attached hydrogen (secondary N) is 2. The summed E-state index contributed by atoms with van der Waals surface area (Å²) in [5.74, 6) is 1.50. The first-order valence-corrected chi connectivity index (χ1v) is 7.84. The molecule has 25 heavy (non-hydrogen) atoms. The van der Waals surface area contributed by atoms with E-state index in [1.807, 2.05) is 48.7 Å². The molecule has 7 nitrogen and oxygen atoms in total. The molecule has 1 aromatic carbocycles. The summed E-state index contributed by atoms with van der Waals surface area (Å²) in [4.78, 5) is 16.2. The molecule has 2 heterocycles. The summed E-state index contributed by atoms with van der Waals surface area (Å²) >= 11 is 0. The minimum absolute atomic E-state index is 0.237. The topological polar surface area (TPSA) is 81.1 Å². The predicted molar refractivity (Wildman–Crippen MR) is 93.4 cm³/mol. The Morgan fingerprint density at radius 2 is 1.96 bits per heavy atom. The normalized spacial score (nSPS) is 10.3. The van der Waals surface area contributed by atoms with Crippen LogP contribution in [-0.2, 0) is 13.1 Å². The van der Waals surface area contributed by atoms with Crippen molar-refractivity contribution in [3.05, 3.63) is 72.2 Å². The summed E-state index contributed by atoms with van der Waals surface area (Å²) in [6.45, 7) is 0.829. The maximum atomic E-state index is 11.9. The van der Waals surface area contributed by atoms with Gasteiger partial charge in [0, 0.05) is 31.7 Å². The van der Waals surface area contributed by atoms with Crippen LogP contribution in [0.2, 0.25) is 0 Å². The molecule has 2 N–H and O–H groups in total. The first kappa shape index (κ1) is 16.5. The van der Waals surface area contributed by atoms with Gasteiger partial charge in [-0.1, -0.05) is 18.2 Å². The van der Waals surface area contributed by atoms with Gasteiger partial charge in [-0.15, -0.1) is 0 Å². The van der Waals surface area contributed by atoms with Gasteiger partial charge in [-0.05, 0) is 35.4 Å². The molecule has 2 aromatic heterocycles. The molecule has 0 unspecified atom stereocenters. The Hall–Kier alpha value is -3.35. The van der Waals surface area contributed by atoms with Gasteiger partial charge in [-0.3, -0.25) is 0 Å². The maximum Gasteiger partial charge on any atom is 0.315 e. The van der Waals surface area contributed by atoms with E-state index in [-0.39, 0.29) is 6.03 Å². The van der Waals surface area contributed by atoms with E-state index in [9.17, 15) is 4.79 Å². The van der Waals surface area contributed by atoms with Gasteiger partial charge >= 0.3 is 6.03 Å². The van der Waals surface area contributed by atoms with Crippen LogP contribution < -0.4 is 15.4 Å². The third-order valence-electron chi connectivity index (χ3n) is 3.59. The second-order valence-corrected chi connectivity index (χ2v) is 5.36. The molecule has 0 radical (unpaired) electrons. The molecule has 0 spiro atoms. The van der Waals surface area contributed by atoms with E-state index in [4.69, 9.17) is 4.74 Å². The van der Waals surface area contributed by atoms with E-state index in [1.165, 1.54) is 0 Å². The minimum Gasteiger partial charge on any atom is -0.497 e. The van der Waals surface area contributed by atoms with Crippen molar-refractivity contribution in [2.24, 2.45) is 0 Å². The SMILES string of the molecule is COc1cccc(CNC(=O)NCc2ccc(-n3cccn3)nc2)c1. The molecule has 7 heteroatoms. The lowest BCUT2D eigenvalue weighted by Crippen LogP contribution is -2.34. The lowest BCUT2D eigenvalue weighted by atomic mass is 10.2. The summed E-state index contributed by atoms with van der Waals surface area (Å²) in [6.07, 6.45) is 5.25. The van der Waals surface area contributed by atoms with E-state index in [0.29, 0.717) is 13.1 Å². The number of hydrogen-bond acceptors (Lipinski definition) is 4. The second kappa shape index (κ2) is 7.96. The van der Waals surface area contributed by atoms with E-state index in [1.54, 1.807) is 24.2 Å². The quantitative estimate of drug-likeness (QED) is 0.723. The Balaban J connectivity index is 1.47. The molecular weight excluding hydrogens is 318 g/mol. The monoisotopic (exact) mass is 337 g/mol. The van der Waals surface area contributed by atoms with Crippen LogP contribution in [-0.4, -0.2) is 27.9 Å². The van der Waals surface area contributed by atoms with Crippen molar-refractivity contribution in [2.45, 2.75) is 13.1 Å². The first-order valence-electron chi connectivity index (χ1n) is 7.84. The third-order valence-corrected chi connectivity index (χ3v) is 3.59. The average Bonchev–Trinajstić information content (AvgIpc) is 3.20. The molecule has 0 bridgehead atoms. The molecule has 3 rings (SSSR count). The highest BCUT2D eigenvalue weighted by Gasteiger charge is 2.03. The molecule has 128 valence electrons. The molecule has 3 aromatic rings. The number of aromatic nitrogens is 3. The van der Waals surface area contributed by atoms with Crippen molar-refractivity contribution >= 4 is 6.03 Å². The van der Waals surface area contributed by atoms with Gasteiger partial charge in [-0.2, -0.15) is 5.10 Å². The van der Waals surface area contributed by atoms with Gasteiger partial charge in [-0.25, -0.2) is 14.5 Å². The van der Waals surface area contributed by atoms with Crippen molar-refractivity contribution < 1.29 is 9.53 Å². The smallest absolute Gasteiger partial charge is 0.315 e. The Morgan fingerprint density at radius 1 is 1.12 bits per heavy atom. The molecule has 0 saturated heterocycles. The number of ether oxygens (including phenoxy) is 1. The van der Waals surface area contributed by atoms with Crippen molar-refractivity contribution in [1.29, 1.82) is 0 Å². The van der Waals surface area contributed by atoms with Gasteiger partial charge in [0.2, 0.25) is 0 Å². The number of amides is 2. The molecule has 0 aliphatic rings. The number of urea groups is 1. The first-order chi connectivity index (χ1) is 12.2. The predicted octanol–water partition coefficient (Wildman–Crippen LogP) is 2.28. The zero-order chi connectivity index (χ0) is 17.5. The van der Waals surface area contributed by atoms with Crippen LogP contribution >= 0.6 is 0 Å². The minimum atomic E-state index is -0.237. The van der Waals surface area contributed by atoms with Crippen LogP contribution in [0.1, 0.15) is 11.1 Å². The molecular formula is C18H19N5O2. The van der Waals surface area contributed by atoms with E-state index < -0.39 is 0 Å². The number of carbonyl (C=O) groups excluding carboxylic acids is 1. The summed E-state index contributed by atoms with van der Waals surface area (Å²) in [5, 5.41) is 9.74. The Kier molecular flexibility index (Phi) is 5.26. The molecule has 0 fully saturated rings. The van der Waals surface area contributed by atoms with Crippen LogP contribution in [0.15, 0.2) is 61.1 Å². The molecule has 2 amide bonds. The van der Waals surface area contributed by atoms with Gasteiger partial charge in [0.15, 0.2) is 5.82 Å². The van der Waals surface area contributed by atoms with Crippen LogP contribution in [0.25, 0.3) is 5.82 Å². The van der Waals surface area contributed by atoms with E-state index in [2.05, 4.69) is 20.7 Å². The third kappa shape index (κ3) is 4.57. The zero-order valence-corrected chi connectivity index (χ0v) is 13.8. The lowest BCUT2D eigenvalue weighted by molar-refractivity contribution is 0.240. The highest BCUT2D eigenvalue weighted by Crippen LogP contribution is 2.12. The lowest BCUT2D eigenvalue weighted by Gasteiger charge is -2.09. The van der Waals surface area contributed by atoms with Gasteiger partial charge in [0.1, 0.15) is 5.75 Å². The second-order valence-electron chi connectivity index (χ2n) is 5.36. The van der Waals surface area contributed by atoms with Gasteiger partial charge in [0.05, 0.1) is 7.11 Å². The zero-order valence-electron chi connectivity index (χ0n) is 13.8. The van der Waals surface area contributed by atoms with Crippen molar-refractivity contribution in [3.63, 3.8) is 0 Å². The molecule has 0 aliphatic heterocycles. The average molecular weight is 337 g/mol.